The Morgan fingerprint density at radius 1 is 1.12 bits per heavy atom. The summed E-state index contributed by atoms with van der Waals surface area (Å²) in [5.41, 5.74) is 1.29. The van der Waals surface area contributed by atoms with Crippen LogP contribution in [0.2, 0.25) is 0 Å². The molecule has 0 amide bonds. The van der Waals surface area contributed by atoms with Crippen LogP contribution in [0.25, 0.3) is 15.9 Å². The van der Waals surface area contributed by atoms with Gasteiger partial charge >= 0.3 is 0 Å². The lowest BCUT2D eigenvalue weighted by Gasteiger charge is -2.04. The predicted octanol–water partition coefficient (Wildman–Crippen LogP) is 4.03. The van der Waals surface area contributed by atoms with E-state index in [-0.39, 0.29) is 0 Å². The molecular formula is C14H16N2O. The van der Waals surface area contributed by atoms with Crippen LogP contribution in [0.1, 0.15) is 25.7 Å². The molecule has 0 aliphatic heterocycles. The van der Waals surface area contributed by atoms with E-state index in [9.17, 15) is 5.21 Å². The number of rotatable bonds is 5. The number of aryl methyl sites for hydroxylation is 1. The predicted molar refractivity (Wildman–Crippen MR) is 71.0 cm³/mol. The van der Waals surface area contributed by atoms with Gasteiger partial charge in [0.2, 0.25) is 0 Å². The Bertz CT molecular complexity index is 534. The number of benzene rings is 1. The van der Waals surface area contributed by atoms with Crippen LogP contribution in [0.5, 0.6) is 0 Å². The van der Waals surface area contributed by atoms with Crippen molar-refractivity contribution in [1.82, 2.24) is 4.57 Å². The van der Waals surface area contributed by atoms with Crippen molar-refractivity contribution in [2.24, 2.45) is 0 Å². The molecule has 88 valence electrons. The van der Waals surface area contributed by atoms with Crippen LogP contribution < -0.4 is 0 Å². The number of unbranched alkanes of at least 4 members (excludes halogenated alkanes) is 3. The van der Waals surface area contributed by atoms with Crippen LogP contribution in [0.4, 0.5) is 0 Å². The van der Waals surface area contributed by atoms with Gasteiger partial charge in [0.05, 0.1) is 6.42 Å². The molecule has 3 heteroatoms. The lowest BCUT2D eigenvalue weighted by atomic mass is 10.2. The number of para-hydroxylation sites is 1. The van der Waals surface area contributed by atoms with Gasteiger partial charge in [-0.3, -0.25) is 0 Å². The Morgan fingerprint density at radius 2 is 2.00 bits per heavy atom. The number of hydrogen-bond acceptors (Lipinski definition) is 1. The van der Waals surface area contributed by atoms with E-state index in [1.54, 1.807) is 0 Å². The molecule has 0 saturated carbocycles. The third-order valence-corrected chi connectivity index (χ3v) is 2.93. The first-order valence-electron chi connectivity index (χ1n) is 6.01. The highest BCUT2D eigenvalue weighted by Gasteiger charge is 1.99. The molecular weight excluding hydrogens is 212 g/mol. The van der Waals surface area contributed by atoms with Crippen molar-refractivity contribution in [3.63, 3.8) is 0 Å². The zero-order chi connectivity index (χ0) is 11.9. The fourth-order valence-electron chi connectivity index (χ4n) is 2.04. The highest BCUT2D eigenvalue weighted by atomic mass is 16.4. The molecule has 2 aromatic rings. The van der Waals surface area contributed by atoms with E-state index < -0.39 is 0 Å². The first kappa shape index (κ1) is 11.5. The average molecular weight is 228 g/mol. The standard InChI is InChI=1S/C14H16N2O/c17-15-10-5-1-2-6-11-16-12-9-13-7-3-4-8-14(13)16/h3-4,7-9,12H,1-2,5-6,11H2. The second-order valence-electron chi connectivity index (χ2n) is 4.13. The van der Waals surface area contributed by atoms with Crippen LogP contribution >= 0.6 is 0 Å². The van der Waals surface area contributed by atoms with Crippen molar-refractivity contribution in [3.05, 3.63) is 46.7 Å². The van der Waals surface area contributed by atoms with Gasteiger partial charge in [-0.05, 0) is 30.4 Å². The molecule has 1 aromatic heterocycles. The SMILES string of the molecule is [O-][N+]#CCCCCCn1ccc2ccccc21. The topological polar surface area (TPSA) is 32.3 Å². The molecule has 2 rings (SSSR count). The van der Waals surface area contributed by atoms with Crippen LogP contribution in [-0.4, -0.2) is 4.57 Å². The second kappa shape index (κ2) is 5.95. The van der Waals surface area contributed by atoms with Crippen LogP contribution in [0.3, 0.4) is 0 Å². The van der Waals surface area contributed by atoms with E-state index in [4.69, 9.17) is 0 Å². The van der Waals surface area contributed by atoms with E-state index in [2.05, 4.69) is 52.2 Å². The average Bonchev–Trinajstić information content (AvgIpc) is 2.77. The van der Waals surface area contributed by atoms with Crippen molar-refractivity contribution >= 4 is 10.9 Å². The maximum absolute atomic E-state index is 9.81. The molecule has 1 aromatic carbocycles. The number of hydrogen-bond donors (Lipinski definition) is 0. The van der Waals surface area contributed by atoms with Crippen molar-refractivity contribution in [2.75, 3.05) is 0 Å². The fourth-order valence-corrected chi connectivity index (χ4v) is 2.04. The highest BCUT2D eigenvalue weighted by molar-refractivity contribution is 5.79. The highest BCUT2D eigenvalue weighted by Crippen LogP contribution is 2.16. The summed E-state index contributed by atoms with van der Waals surface area (Å²) < 4.78 is 2.28. The van der Waals surface area contributed by atoms with E-state index in [1.165, 1.54) is 10.9 Å². The van der Waals surface area contributed by atoms with Crippen LogP contribution in [-0.2, 0) is 6.54 Å². The van der Waals surface area contributed by atoms with Crippen molar-refractivity contribution in [2.45, 2.75) is 32.2 Å². The Balaban J connectivity index is 1.84. The quantitative estimate of drug-likeness (QED) is 0.561. The molecule has 0 radical (unpaired) electrons. The Morgan fingerprint density at radius 3 is 2.88 bits per heavy atom. The summed E-state index contributed by atoms with van der Waals surface area (Å²) in [6.45, 7) is 1.03. The normalized spacial score (nSPS) is 10.1. The largest absolute Gasteiger partial charge is 0.498 e. The van der Waals surface area contributed by atoms with Gasteiger partial charge in [0.15, 0.2) is 0 Å². The first-order valence-corrected chi connectivity index (χ1v) is 6.01. The van der Waals surface area contributed by atoms with E-state index >= 15 is 0 Å². The summed E-state index contributed by atoms with van der Waals surface area (Å²) in [6.07, 6.45) is 6.03. The molecule has 17 heavy (non-hydrogen) atoms. The zero-order valence-corrected chi connectivity index (χ0v) is 9.80. The lowest BCUT2D eigenvalue weighted by Crippen LogP contribution is -1.95. The molecule has 0 aliphatic rings. The molecule has 0 fully saturated rings. The third kappa shape index (κ3) is 3.01. The molecule has 0 atom stereocenters. The van der Waals surface area contributed by atoms with Crippen molar-refractivity contribution < 1.29 is 0 Å². The maximum Gasteiger partial charge on any atom is 0.298 e. The van der Waals surface area contributed by atoms with Gasteiger partial charge < -0.3 is 9.77 Å². The molecule has 0 spiro atoms. The second-order valence-corrected chi connectivity index (χ2v) is 4.13. The summed E-state index contributed by atoms with van der Waals surface area (Å²) in [5, 5.41) is 13.7. The molecule has 0 unspecified atom stereocenters. The van der Waals surface area contributed by atoms with Crippen LogP contribution in [0, 0.1) is 11.3 Å². The number of aromatic nitrogens is 1. The summed E-state index contributed by atoms with van der Waals surface area (Å²) in [7, 11) is 0. The van der Waals surface area contributed by atoms with E-state index in [0.717, 1.165) is 25.8 Å². The van der Waals surface area contributed by atoms with Gasteiger partial charge in [0.25, 0.3) is 6.07 Å². The molecule has 0 bridgehead atoms. The number of fused-ring (bicyclic) bond motifs is 1. The minimum atomic E-state index is 0.677. The zero-order valence-electron chi connectivity index (χ0n) is 9.80. The van der Waals surface area contributed by atoms with Gasteiger partial charge in [-0.2, -0.15) is 0 Å². The Hall–Kier alpha value is -1.95. The van der Waals surface area contributed by atoms with E-state index in [1.807, 2.05) is 0 Å². The molecule has 0 saturated heterocycles. The summed E-state index contributed by atoms with van der Waals surface area (Å²) in [6, 6.07) is 13.0. The van der Waals surface area contributed by atoms with Crippen molar-refractivity contribution in [1.29, 1.82) is 0 Å². The molecule has 3 nitrogen and oxygen atoms in total. The minimum Gasteiger partial charge on any atom is -0.498 e. The first-order chi connectivity index (χ1) is 8.42. The lowest BCUT2D eigenvalue weighted by molar-refractivity contribution is 0.605. The molecule has 0 N–H and O–H groups in total. The van der Waals surface area contributed by atoms with Gasteiger partial charge in [0.1, 0.15) is 0 Å². The van der Waals surface area contributed by atoms with Crippen molar-refractivity contribution in [3.8, 4) is 6.07 Å². The summed E-state index contributed by atoms with van der Waals surface area (Å²) in [4.78, 5) is 0. The Labute approximate surface area is 101 Å². The van der Waals surface area contributed by atoms with Gasteiger partial charge in [-0.25, -0.2) is 0 Å². The summed E-state index contributed by atoms with van der Waals surface area (Å²) in [5.74, 6) is 0. The minimum absolute atomic E-state index is 0.677. The third-order valence-electron chi connectivity index (χ3n) is 2.93. The smallest absolute Gasteiger partial charge is 0.298 e. The fraction of sp³-hybridized carbons (Fsp3) is 0.357. The monoisotopic (exact) mass is 228 g/mol. The van der Waals surface area contributed by atoms with Crippen LogP contribution in [0.15, 0.2) is 36.5 Å². The number of nitrogens with zero attached hydrogens (tertiary/aromatic N) is 2. The van der Waals surface area contributed by atoms with E-state index in [0.29, 0.717) is 6.42 Å². The van der Waals surface area contributed by atoms with Gasteiger partial charge in [0, 0.05) is 23.3 Å². The molecule has 1 heterocycles. The Kier molecular flexibility index (Phi) is 4.04. The summed E-state index contributed by atoms with van der Waals surface area (Å²) >= 11 is 0. The van der Waals surface area contributed by atoms with Gasteiger partial charge in [-0.15, -0.1) is 0 Å². The van der Waals surface area contributed by atoms with Gasteiger partial charge in [-0.1, -0.05) is 24.6 Å². The maximum atomic E-state index is 9.81. The molecule has 0 aliphatic carbocycles.